The summed E-state index contributed by atoms with van der Waals surface area (Å²) in [6.07, 6.45) is 10.8. The van der Waals surface area contributed by atoms with Crippen LogP contribution in [0.5, 0.6) is 0 Å². The summed E-state index contributed by atoms with van der Waals surface area (Å²) in [6.45, 7) is 0. The molecular weight excluding hydrogens is 346 g/mol. The van der Waals surface area contributed by atoms with E-state index in [9.17, 15) is 9.59 Å². The molecule has 0 spiro atoms. The predicted octanol–water partition coefficient (Wildman–Crippen LogP) is 1.55. The van der Waals surface area contributed by atoms with Gasteiger partial charge in [-0.15, -0.1) is 5.10 Å². The van der Waals surface area contributed by atoms with Gasteiger partial charge in [0.15, 0.2) is 5.82 Å². The molecule has 0 atom stereocenters. The largest absolute Gasteiger partial charge is 0.335 e. The maximum Gasteiger partial charge on any atom is 0.315 e. The molecule has 9 nitrogen and oxygen atoms in total. The summed E-state index contributed by atoms with van der Waals surface area (Å²) in [5.74, 6) is 0.572. The second-order valence-corrected chi connectivity index (χ2v) is 7.42. The summed E-state index contributed by atoms with van der Waals surface area (Å²) in [4.78, 5) is 28.3. The summed E-state index contributed by atoms with van der Waals surface area (Å²) in [6, 6.07) is 3.61. The number of hydrogen-bond donors (Lipinski definition) is 2. The predicted molar refractivity (Wildman–Crippen MR) is 98.6 cm³/mol. The maximum atomic E-state index is 12.3. The normalized spacial score (nSPS) is 23.3. The number of nitrogens with one attached hydrogen (secondary N) is 2. The molecule has 0 radical (unpaired) electrons. The summed E-state index contributed by atoms with van der Waals surface area (Å²) in [5.41, 5.74) is -0.116. The van der Waals surface area contributed by atoms with Crippen molar-refractivity contribution < 1.29 is 4.79 Å². The van der Waals surface area contributed by atoms with Crippen molar-refractivity contribution >= 4 is 6.03 Å². The molecule has 0 aromatic carbocycles. The molecule has 2 amide bonds. The zero-order valence-electron chi connectivity index (χ0n) is 15.3. The lowest BCUT2D eigenvalue weighted by molar-refractivity contribution is 0.221. The van der Waals surface area contributed by atoms with Gasteiger partial charge >= 0.3 is 6.03 Å². The van der Waals surface area contributed by atoms with E-state index in [2.05, 4.69) is 25.8 Å². The van der Waals surface area contributed by atoms with E-state index in [-0.39, 0.29) is 23.7 Å². The standard InChI is InChI=1S/C18H25N7O2/c26-17-10-9-16(24-12-19-11-20-24)23-25(17)15-7-5-14(6-8-15)22-18(27)21-13-3-1-2-4-13/h9-15H,1-8H2,(H2,21,22,27). The lowest BCUT2D eigenvalue weighted by Crippen LogP contribution is -2.47. The van der Waals surface area contributed by atoms with Gasteiger partial charge < -0.3 is 10.6 Å². The van der Waals surface area contributed by atoms with E-state index in [0.717, 1.165) is 38.5 Å². The van der Waals surface area contributed by atoms with Crippen LogP contribution >= 0.6 is 0 Å². The Bertz CT molecular complexity index is 818. The molecule has 2 saturated carbocycles. The molecule has 4 rings (SSSR count). The number of carbonyl (C=O) groups excluding carboxylic acids is 1. The first-order chi connectivity index (χ1) is 13.2. The van der Waals surface area contributed by atoms with Crippen LogP contribution in [0, 0.1) is 0 Å². The SMILES string of the molecule is O=C(NC1CCCC1)NC1CCC(n2nc(-n3cncn3)ccc2=O)CC1. The highest BCUT2D eigenvalue weighted by Gasteiger charge is 2.26. The van der Waals surface area contributed by atoms with Crippen molar-refractivity contribution in [2.75, 3.05) is 0 Å². The molecule has 0 aliphatic heterocycles. The average molecular weight is 371 g/mol. The van der Waals surface area contributed by atoms with Crippen molar-refractivity contribution in [3.8, 4) is 5.82 Å². The Morgan fingerprint density at radius 1 is 1.00 bits per heavy atom. The molecule has 9 heteroatoms. The lowest BCUT2D eigenvalue weighted by Gasteiger charge is -2.30. The van der Waals surface area contributed by atoms with Gasteiger partial charge in [0.1, 0.15) is 12.7 Å². The van der Waals surface area contributed by atoms with Crippen molar-refractivity contribution in [1.29, 1.82) is 0 Å². The van der Waals surface area contributed by atoms with Gasteiger partial charge in [-0.25, -0.2) is 19.1 Å². The fourth-order valence-electron chi connectivity index (χ4n) is 4.07. The van der Waals surface area contributed by atoms with Crippen LogP contribution < -0.4 is 16.2 Å². The Balaban J connectivity index is 1.34. The Morgan fingerprint density at radius 3 is 2.37 bits per heavy atom. The van der Waals surface area contributed by atoms with E-state index in [1.54, 1.807) is 17.1 Å². The summed E-state index contributed by atoms with van der Waals surface area (Å²) >= 11 is 0. The number of amides is 2. The second-order valence-electron chi connectivity index (χ2n) is 7.42. The molecule has 0 unspecified atom stereocenters. The maximum absolute atomic E-state index is 12.3. The molecular formula is C18H25N7O2. The number of carbonyl (C=O) groups is 1. The quantitative estimate of drug-likeness (QED) is 0.848. The minimum atomic E-state index is -0.116. The fourth-order valence-corrected chi connectivity index (χ4v) is 4.07. The monoisotopic (exact) mass is 371 g/mol. The molecule has 2 heterocycles. The summed E-state index contributed by atoms with van der Waals surface area (Å²) in [7, 11) is 0. The van der Waals surface area contributed by atoms with Gasteiger partial charge in [-0.2, -0.15) is 5.10 Å². The van der Waals surface area contributed by atoms with Crippen molar-refractivity contribution in [2.45, 2.75) is 69.5 Å². The van der Waals surface area contributed by atoms with Gasteiger partial charge in [0.25, 0.3) is 5.56 Å². The van der Waals surface area contributed by atoms with E-state index in [1.165, 1.54) is 29.9 Å². The topological polar surface area (TPSA) is 107 Å². The van der Waals surface area contributed by atoms with Crippen LogP contribution in [0.4, 0.5) is 4.79 Å². The third-order valence-electron chi connectivity index (χ3n) is 5.53. The van der Waals surface area contributed by atoms with Crippen LogP contribution in [-0.4, -0.2) is 42.7 Å². The number of urea groups is 1. The van der Waals surface area contributed by atoms with E-state index in [1.807, 2.05) is 0 Å². The van der Waals surface area contributed by atoms with Crippen molar-refractivity contribution in [1.82, 2.24) is 35.2 Å². The first-order valence-electron chi connectivity index (χ1n) is 9.71. The van der Waals surface area contributed by atoms with Crippen LogP contribution in [0.15, 0.2) is 29.6 Å². The van der Waals surface area contributed by atoms with Crippen molar-refractivity contribution in [3.63, 3.8) is 0 Å². The molecule has 27 heavy (non-hydrogen) atoms. The molecule has 2 N–H and O–H groups in total. The van der Waals surface area contributed by atoms with Crippen molar-refractivity contribution in [3.05, 3.63) is 35.1 Å². The molecule has 2 aromatic heterocycles. The highest BCUT2D eigenvalue weighted by molar-refractivity contribution is 5.74. The van der Waals surface area contributed by atoms with Crippen LogP contribution in [0.3, 0.4) is 0 Å². The number of hydrogen-bond acceptors (Lipinski definition) is 5. The Morgan fingerprint density at radius 2 is 1.70 bits per heavy atom. The van der Waals surface area contributed by atoms with Gasteiger partial charge in [0, 0.05) is 18.2 Å². The molecule has 2 fully saturated rings. The van der Waals surface area contributed by atoms with Gasteiger partial charge in [-0.05, 0) is 44.6 Å². The number of aromatic nitrogens is 5. The Hall–Kier alpha value is -2.71. The smallest absolute Gasteiger partial charge is 0.315 e. The Kier molecular flexibility index (Phi) is 5.17. The summed E-state index contributed by atoms with van der Waals surface area (Å²) in [5, 5.41) is 14.7. The molecule has 2 aliphatic carbocycles. The Labute approximate surface area is 157 Å². The molecule has 144 valence electrons. The van der Waals surface area contributed by atoms with Crippen LogP contribution in [0.1, 0.15) is 57.4 Å². The third kappa shape index (κ3) is 4.17. The lowest BCUT2D eigenvalue weighted by atomic mass is 9.91. The average Bonchev–Trinajstić information content (AvgIpc) is 3.37. The van der Waals surface area contributed by atoms with Gasteiger partial charge in [0.05, 0.1) is 6.04 Å². The highest BCUT2D eigenvalue weighted by Crippen LogP contribution is 2.27. The van der Waals surface area contributed by atoms with Gasteiger partial charge in [-0.3, -0.25) is 4.79 Å². The molecule has 0 bridgehead atoms. The minimum Gasteiger partial charge on any atom is -0.335 e. The number of rotatable bonds is 4. The highest BCUT2D eigenvalue weighted by atomic mass is 16.2. The first kappa shape index (κ1) is 17.7. The van der Waals surface area contributed by atoms with Crippen molar-refractivity contribution in [2.24, 2.45) is 0 Å². The van der Waals surface area contributed by atoms with E-state index < -0.39 is 0 Å². The zero-order valence-corrected chi connectivity index (χ0v) is 15.3. The molecule has 2 aromatic rings. The van der Waals surface area contributed by atoms with Gasteiger partial charge in [-0.1, -0.05) is 12.8 Å². The van der Waals surface area contributed by atoms with Crippen LogP contribution in [0.2, 0.25) is 0 Å². The van der Waals surface area contributed by atoms with E-state index >= 15 is 0 Å². The number of nitrogens with zero attached hydrogens (tertiary/aromatic N) is 5. The van der Waals surface area contributed by atoms with E-state index in [0.29, 0.717) is 11.9 Å². The van der Waals surface area contributed by atoms with Gasteiger partial charge in [0.2, 0.25) is 0 Å². The molecule has 0 saturated heterocycles. The fraction of sp³-hybridized carbons (Fsp3) is 0.611. The van der Waals surface area contributed by atoms with Crippen LogP contribution in [-0.2, 0) is 0 Å². The molecule has 2 aliphatic rings. The zero-order chi connectivity index (χ0) is 18.6. The first-order valence-corrected chi connectivity index (χ1v) is 9.71. The van der Waals surface area contributed by atoms with E-state index in [4.69, 9.17) is 0 Å². The van der Waals surface area contributed by atoms with Crippen LogP contribution in [0.25, 0.3) is 5.82 Å². The summed E-state index contributed by atoms with van der Waals surface area (Å²) < 4.78 is 3.09. The second kappa shape index (κ2) is 7.89. The third-order valence-corrected chi connectivity index (χ3v) is 5.53. The minimum absolute atomic E-state index is 0.0388.